The molecule has 31 heavy (non-hydrogen) atoms. The molecule has 0 aliphatic carbocycles. The van der Waals surface area contributed by atoms with Crippen molar-refractivity contribution in [3.63, 3.8) is 0 Å². The Balaban J connectivity index is 1.48. The smallest absolute Gasteiger partial charge is 0.309 e. The molecule has 1 saturated heterocycles. The summed E-state index contributed by atoms with van der Waals surface area (Å²) in [5.74, 6) is -1.56. The van der Waals surface area contributed by atoms with Crippen LogP contribution in [0.15, 0.2) is 65.6 Å². The molecule has 2 amide bonds. The summed E-state index contributed by atoms with van der Waals surface area (Å²) in [7, 11) is -3.77. The summed E-state index contributed by atoms with van der Waals surface area (Å²) >= 11 is 0. The number of carbonyl (C=O) groups is 2. The number of ether oxygens (including phenoxy) is 1. The van der Waals surface area contributed by atoms with Gasteiger partial charge in [0.25, 0.3) is 0 Å². The van der Waals surface area contributed by atoms with Crippen molar-refractivity contribution < 1.29 is 22.7 Å². The molecular weight excluding hydrogens is 418 g/mol. The van der Waals surface area contributed by atoms with Crippen LogP contribution < -0.4 is 10.6 Å². The van der Waals surface area contributed by atoms with E-state index in [1.807, 2.05) is 30.3 Å². The van der Waals surface area contributed by atoms with Crippen molar-refractivity contribution in [1.29, 1.82) is 0 Å². The van der Waals surface area contributed by atoms with Crippen molar-refractivity contribution in [3.05, 3.63) is 66.2 Å². The van der Waals surface area contributed by atoms with Gasteiger partial charge in [-0.05, 0) is 37.0 Å². The second kappa shape index (κ2) is 11.0. The van der Waals surface area contributed by atoms with E-state index in [4.69, 9.17) is 4.74 Å². The maximum Gasteiger partial charge on any atom is 0.309 e. The molecule has 1 aliphatic heterocycles. The summed E-state index contributed by atoms with van der Waals surface area (Å²) in [5.41, 5.74) is 1.16. The van der Waals surface area contributed by atoms with Crippen LogP contribution in [0.5, 0.6) is 0 Å². The SMILES string of the molecule is O=C(NCCCc1ccccc1)C(=O)NC[C@H]1OCCCN1S(=O)(=O)c1ccccc1. The molecule has 0 saturated carbocycles. The van der Waals surface area contributed by atoms with Crippen LogP contribution in [0, 0.1) is 0 Å². The molecule has 1 fully saturated rings. The van der Waals surface area contributed by atoms with E-state index >= 15 is 0 Å². The van der Waals surface area contributed by atoms with Crippen molar-refractivity contribution in [2.24, 2.45) is 0 Å². The monoisotopic (exact) mass is 445 g/mol. The highest BCUT2D eigenvalue weighted by atomic mass is 32.2. The summed E-state index contributed by atoms with van der Waals surface area (Å²) in [6.07, 6.45) is 1.19. The Labute approximate surface area is 182 Å². The third kappa shape index (κ3) is 6.36. The average molecular weight is 446 g/mol. The molecule has 0 spiro atoms. The van der Waals surface area contributed by atoms with E-state index < -0.39 is 28.1 Å². The largest absolute Gasteiger partial charge is 0.360 e. The maximum absolute atomic E-state index is 12.9. The molecule has 166 valence electrons. The minimum atomic E-state index is -3.77. The van der Waals surface area contributed by atoms with E-state index in [9.17, 15) is 18.0 Å². The van der Waals surface area contributed by atoms with E-state index in [-0.39, 0.29) is 18.0 Å². The Morgan fingerprint density at radius 3 is 2.32 bits per heavy atom. The molecule has 0 radical (unpaired) electrons. The number of sulfonamides is 1. The van der Waals surface area contributed by atoms with Crippen LogP contribution in [-0.4, -0.2) is 57.0 Å². The molecule has 2 N–H and O–H groups in total. The molecule has 1 atom stereocenters. The van der Waals surface area contributed by atoms with Crippen LogP contribution in [0.25, 0.3) is 0 Å². The minimum absolute atomic E-state index is 0.109. The van der Waals surface area contributed by atoms with E-state index in [1.165, 1.54) is 16.4 Å². The summed E-state index contributed by atoms with van der Waals surface area (Å²) in [6.45, 7) is 0.925. The number of nitrogens with one attached hydrogen (secondary N) is 2. The number of hydrogen-bond donors (Lipinski definition) is 2. The molecule has 8 nitrogen and oxygen atoms in total. The quantitative estimate of drug-likeness (QED) is 0.471. The maximum atomic E-state index is 12.9. The van der Waals surface area contributed by atoms with Gasteiger partial charge in [-0.1, -0.05) is 48.5 Å². The Morgan fingerprint density at radius 2 is 1.61 bits per heavy atom. The van der Waals surface area contributed by atoms with Gasteiger partial charge in [-0.2, -0.15) is 4.31 Å². The number of carbonyl (C=O) groups excluding carboxylic acids is 2. The van der Waals surface area contributed by atoms with Gasteiger partial charge in [-0.15, -0.1) is 0 Å². The van der Waals surface area contributed by atoms with Crippen molar-refractivity contribution >= 4 is 21.8 Å². The molecule has 0 bridgehead atoms. The second-order valence-electron chi connectivity index (χ2n) is 7.16. The Kier molecular flexibility index (Phi) is 8.16. The molecular formula is C22H27N3O5S. The van der Waals surface area contributed by atoms with Crippen molar-refractivity contribution in [1.82, 2.24) is 14.9 Å². The predicted octanol–water partition coefficient (Wildman–Crippen LogP) is 1.29. The van der Waals surface area contributed by atoms with Crippen molar-refractivity contribution in [2.45, 2.75) is 30.4 Å². The van der Waals surface area contributed by atoms with Crippen LogP contribution in [-0.2, 0) is 30.8 Å². The lowest BCUT2D eigenvalue weighted by molar-refractivity contribution is -0.140. The summed E-state index contributed by atoms with van der Waals surface area (Å²) in [5, 5.41) is 5.07. The van der Waals surface area contributed by atoms with Crippen LogP contribution in [0.1, 0.15) is 18.4 Å². The van der Waals surface area contributed by atoms with E-state index in [0.717, 1.165) is 12.0 Å². The first-order chi connectivity index (χ1) is 15.0. The highest BCUT2D eigenvalue weighted by Gasteiger charge is 2.34. The van der Waals surface area contributed by atoms with Gasteiger partial charge in [0.15, 0.2) is 0 Å². The van der Waals surface area contributed by atoms with E-state index in [1.54, 1.807) is 18.2 Å². The van der Waals surface area contributed by atoms with Gasteiger partial charge >= 0.3 is 11.8 Å². The normalized spacial score (nSPS) is 17.1. The first-order valence-corrected chi connectivity index (χ1v) is 11.7. The third-order valence-corrected chi connectivity index (χ3v) is 6.82. The van der Waals surface area contributed by atoms with Gasteiger partial charge in [0.2, 0.25) is 10.0 Å². The zero-order valence-electron chi connectivity index (χ0n) is 17.2. The van der Waals surface area contributed by atoms with E-state index in [2.05, 4.69) is 10.6 Å². The Hall–Kier alpha value is -2.75. The number of hydrogen-bond acceptors (Lipinski definition) is 5. The fourth-order valence-corrected chi connectivity index (χ4v) is 4.90. The van der Waals surface area contributed by atoms with Crippen molar-refractivity contribution in [2.75, 3.05) is 26.2 Å². The van der Waals surface area contributed by atoms with Gasteiger partial charge in [-0.3, -0.25) is 9.59 Å². The molecule has 1 heterocycles. The standard InChI is InChI=1S/C22H27N3O5S/c26-21(23-14-7-11-18-9-3-1-4-10-18)22(27)24-17-20-25(15-8-16-30-20)31(28,29)19-12-5-2-6-13-19/h1-6,9-10,12-13,20H,7-8,11,14-17H2,(H,23,26)(H,24,27)/t20-/m1/s1. The first kappa shape index (κ1) is 22.9. The number of amides is 2. The molecule has 9 heteroatoms. The molecule has 1 aliphatic rings. The molecule has 2 aromatic carbocycles. The highest BCUT2D eigenvalue weighted by molar-refractivity contribution is 7.89. The predicted molar refractivity (Wildman–Crippen MR) is 115 cm³/mol. The average Bonchev–Trinajstić information content (AvgIpc) is 2.81. The lowest BCUT2D eigenvalue weighted by atomic mass is 10.1. The number of rotatable bonds is 8. The molecule has 0 aromatic heterocycles. The fourth-order valence-electron chi connectivity index (χ4n) is 3.31. The van der Waals surface area contributed by atoms with Gasteiger partial charge in [-0.25, -0.2) is 8.42 Å². The molecule has 0 unspecified atom stereocenters. The highest BCUT2D eigenvalue weighted by Crippen LogP contribution is 2.21. The third-order valence-electron chi connectivity index (χ3n) is 4.92. The first-order valence-electron chi connectivity index (χ1n) is 10.3. The second-order valence-corrected chi connectivity index (χ2v) is 9.05. The van der Waals surface area contributed by atoms with Crippen LogP contribution >= 0.6 is 0 Å². The zero-order valence-corrected chi connectivity index (χ0v) is 18.0. The van der Waals surface area contributed by atoms with Crippen molar-refractivity contribution in [3.8, 4) is 0 Å². The van der Waals surface area contributed by atoms with Gasteiger partial charge < -0.3 is 15.4 Å². The van der Waals surface area contributed by atoms with Crippen LogP contribution in [0.3, 0.4) is 0 Å². The number of nitrogens with zero attached hydrogens (tertiary/aromatic N) is 1. The summed E-state index contributed by atoms with van der Waals surface area (Å²) in [6, 6.07) is 17.9. The van der Waals surface area contributed by atoms with Gasteiger partial charge in [0, 0.05) is 13.1 Å². The minimum Gasteiger partial charge on any atom is -0.360 e. The number of benzene rings is 2. The zero-order chi connectivity index (χ0) is 22.1. The van der Waals surface area contributed by atoms with Crippen LogP contribution in [0.4, 0.5) is 0 Å². The number of aryl methyl sites for hydroxylation is 1. The topological polar surface area (TPSA) is 105 Å². The summed E-state index contributed by atoms with van der Waals surface area (Å²) in [4.78, 5) is 24.3. The Morgan fingerprint density at radius 1 is 0.968 bits per heavy atom. The Bertz CT molecular complexity index is 967. The van der Waals surface area contributed by atoms with Gasteiger partial charge in [0.05, 0.1) is 18.0 Å². The molecule has 3 rings (SSSR count). The van der Waals surface area contributed by atoms with Gasteiger partial charge in [0.1, 0.15) is 6.23 Å². The van der Waals surface area contributed by atoms with Crippen LogP contribution in [0.2, 0.25) is 0 Å². The fraction of sp³-hybridized carbons (Fsp3) is 0.364. The van der Waals surface area contributed by atoms with E-state index in [0.29, 0.717) is 26.0 Å². The summed E-state index contributed by atoms with van der Waals surface area (Å²) < 4.78 is 32.6. The molecule has 2 aromatic rings. The lowest BCUT2D eigenvalue weighted by Gasteiger charge is -2.34. The lowest BCUT2D eigenvalue weighted by Crippen LogP contribution is -2.53.